The van der Waals surface area contributed by atoms with E-state index in [9.17, 15) is 14.3 Å². The summed E-state index contributed by atoms with van der Waals surface area (Å²) in [7, 11) is 1.68. The van der Waals surface area contributed by atoms with Crippen LogP contribution in [0.5, 0.6) is 5.88 Å². The number of rotatable bonds is 13. The number of halogens is 1. The number of aliphatic hydroxyl groups is 1. The molecule has 0 radical (unpaired) electrons. The van der Waals surface area contributed by atoms with Gasteiger partial charge in [0.1, 0.15) is 18.0 Å². The Morgan fingerprint density at radius 2 is 2.19 bits per heavy atom. The quantitative estimate of drug-likeness (QED) is 0.434. The predicted molar refractivity (Wildman–Crippen MR) is 111 cm³/mol. The lowest BCUT2D eigenvalue weighted by molar-refractivity contribution is -0.164. The molecule has 3 rings (SSSR count). The molecule has 0 bridgehead atoms. The van der Waals surface area contributed by atoms with E-state index >= 15 is 0 Å². The lowest BCUT2D eigenvalue weighted by Gasteiger charge is -2.42. The van der Waals surface area contributed by atoms with Crippen molar-refractivity contribution in [3.63, 3.8) is 0 Å². The van der Waals surface area contributed by atoms with E-state index in [1.54, 1.807) is 20.1 Å². The predicted octanol–water partition coefficient (Wildman–Crippen LogP) is 0.799. The molecule has 0 saturated carbocycles. The van der Waals surface area contributed by atoms with Gasteiger partial charge in [-0.2, -0.15) is 0 Å². The Kier molecular flexibility index (Phi) is 8.42. The number of pyridine rings is 1. The van der Waals surface area contributed by atoms with Crippen molar-refractivity contribution in [2.24, 2.45) is 5.41 Å². The second-order valence-corrected chi connectivity index (χ2v) is 8.22. The Bertz CT molecular complexity index is 727. The molecule has 2 N–H and O–H groups in total. The Balaban J connectivity index is 1.70. The van der Waals surface area contributed by atoms with E-state index in [1.807, 2.05) is 6.07 Å². The molecule has 31 heavy (non-hydrogen) atoms. The standard InChI is InChI=1S/C21H32FN3O6/c1-15(10-26)23-19(27)17-4-5-18(25-8-16(9-25)28-2)20(24-17)31-14-21(12-30-13-21)11-29-7-3-6-22/h4-5,15-16,26H,3,6-14H2,1-2H3,(H,23,27). The summed E-state index contributed by atoms with van der Waals surface area (Å²) >= 11 is 0. The fourth-order valence-corrected chi connectivity index (χ4v) is 3.30. The van der Waals surface area contributed by atoms with Crippen LogP contribution in [0, 0.1) is 5.41 Å². The fraction of sp³-hybridized carbons (Fsp3) is 0.714. The monoisotopic (exact) mass is 441 g/mol. The number of methoxy groups -OCH3 is 1. The third-order valence-corrected chi connectivity index (χ3v) is 5.41. The van der Waals surface area contributed by atoms with Crippen LogP contribution in [-0.2, 0) is 14.2 Å². The van der Waals surface area contributed by atoms with Gasteiger partial charge in [-0.25, -0.2) is 4.98 Å². The van der Waals surface area contributed by atoms with Gasteiger partial charge in [-0.05, 0) is 25.5 Å². The third-order valence-electron chi connectivity index (χ3n) is 5.41. The van der Waals surface area contributed by atoms with Crippen molar-refractivity contribution >= 4 is 11.6 Å². The highest BCUT2D eigenvalue weighted by molar-refractivity contribution is 5.93. The maximum Gasteiger partial charge on any atom is 0.270 e. The van der Waals surface area contributed by atoms with Crippen molar-refractivity contribution in [3.05, 3.63) is 17.8 Å². The minimum atomic E-state index is -0.407. The van der Waals surface area contributed by atoms with Crippen LogP contribution in [0.25, 0.3) is 0 Å². The number of ether oxygens (including phenoxy) is 4. The van der Waals surface area contributed by atoms with E-state index in [4.69, 9.17) is 18.9 Å². The molecular formula is C21H32FN3O6. The number of nitrogens with one attached hydrogen (secondary N) is 1. The van der Waals surface area contributed by atoms with E-state index in [2.05, 4.69) is 15.2 Å². The molecule has 2 aliphatic rings. The number of carbonyl (C=O) groups excluding carboxylic acids is 1. The number of amides is 1. The normalized spacial score (nSPS) is 18.8. The number of alkyl halides is 1. The van der Waals surface area contributed by atoms with E-state index < -0.39 is 6.67 Å². The first-order valence-corrected chi connectivity index (χ1v) is 10.5. The zero-order chi connectivity index (χ0) is 22.3. The van der Waals surface area contributed by atoms with Gasteiger partial charge in [-0.3, -0.25) is 9.18 Å². The van der Waals surface area contributed by atoms with Gasteiger partial charge in [0.2, 0.25) is 5.88 Å². The largest absolute Gasteiger partial charge is 0.475 e. The van der Waals surface area contributed by atoms with Gasteiger partial charge >= 0.3 is 0 Å². The molecule has 9 nitrogen and oxygen atoms in total. The van der Waals surface area contributed by atoms with Crippen LogP contribution in [0.4, 0.5) is 10.1 Å². The highest BCUT2D eigenvalue weighted by atomic mass is 19.1. The summed E-state index contributed by atoms with van der Waals surface area (Å²) in [5, 5.41) is 11.9. The van der Waals surface area contributed by atoms with Gasteiger partial charge in [0.15, 0.2) is 0 Å². The Morgan fingerprint density at radius 1 is 1.42 bits per heavy atom. The number of aromatic nitrogens is 1. The Morgan fingerprint density at radius 3 is 2.81 bits per heavy atom. The van der Waals surface area contributed by atoms with Gasteiger partial charge in [0, 0.05) is 32.8 Å². The zero-order valence-electron chi connectivity index (χ0n) is 18.1. The summed E-state index contributed by atoms with van der Waals surface area (Å²) in [6, 6.07) is 3.08. The minimum absolute atomic E-state index is 0.150. The number of carbonyl (C=O) groups is 1. The third kappa shape index (κ3) is 6.03. The second-order valence-electron chi connectivity index (χ2n) is 8.22. The summed E-state index contributed by atoms with van der Waals surface area (Å²) in [6.45, 7) is 4.60. The number of nitrogens with zero attached hydrogens (tertiary/aromatic N) is 2. The van der Waals surface area contributed by atoms with Gasteiger partial charge in [-0.1, -0.05) is 0 Å². The highest BCUT2D eigenvalue weighted by Crippen LogP contribution is 2.34. The minimum Gasteiger partial charge on any atom is -0.475 e. The second kappa shape index (κ2) is 11.0. The maximum absolute atomic E-state index is 12.5. The van der Waals surface area contributed by atoms with Crippen molar-refractivity contribution in [2.75, 3.05) is 71.4 Å². The first kappa shape index (κ1) is 23.6. The lowest BCUT2D eigenvalue weighted by atomic mass is 9.88. The summed E-state index contributed by atoms with van der Waals surface area (Å²) in [4.78, 5) is 19.0. The van der Waals surface area contributed by atoms with Crippen molar-refractivity contribution < 1.29 is 33.2 Å². The molecule has 10 heteroatoms. The van der Waals surface area contributed by atoms with E-state index in [0.717, 1.165) is 5.69 Å². The van der Waals surface area contributed by atoms with E-state index in [0.29, 0.717) is 58.4 Å². The number of hydrogen-bond donors (Lipinski definition) is 2. The van der Waals surface area contributed by atoms with Crippen LogP contribution in [0.3, 0.4) is 0 Å². The van der Waals surface area contributed by atoms with Gasteiger partial charge in [0.05, 0.1) is 44.6 Å². The molecule has 2 fully saturated rings. The van der Waals surface area contributed by atoms with Crippen LogP contribution in [0.2, 0.25) is 0 Å². The van der Waals surface area contributed by atoms with Crippen LogP contribution in [0.15, 0.2) is 12.1 Å². The first-order chi connectivity index (χ1) is 15.0. The van der Waals surface area contributed by atoms with Gasteiger partial charge < -0.3 is 34.3 Å². The molecule has 1 unspecified atom stereocenters. The van der Waals surface area contributed by atoms with Crippen molar-refractivity contribution in [1.82, 2.24) is 10.3 Å². The van der Waals surface area contributed by atoms with Crippen molar-refractivity contribution in [3.8, 4) is 5.88 Å². The fourth-order valence-electron chi connectivity index (χ4n) is 3.30. The molecule has 1 amide bonds. The highest BCUT2D eigenvalue weighted by Gasteiger charge is 2.41. The number of anilines is 1. The molecule has 0 aromatic carbocycles. The molecule has 2 aliphatic heterocycles. The molecule has 0 spiro atoms. The average Bonchev–Trinajstić information content (AvgIpc) is 2.71. The molecule has 3 heterocycles. The Labute approximate surface area is 181 Å². The first-order valence-electron chi connectivity index (χ1n) is 10.5. The molecule has 1 aromatic rings. The Hall–Kier alpha value is -2.01. The van der Waals surface area contributed by atoms with Crippen molar-refractivity contribution in [2.45, 2.75) is 25.5 Å². The summed E-state index contributed by atoms with van der Waals surface area (Å²) in [6.07, 6.45) is 0.513. The summed E-state index contributed by atoms with van der Waals surface area (Å²) in [5.41, 5.74) is 0.679. The SMILES string of the molecule is COC1CN(c2ccc(C(=O)NC(C)CO)nc2OCC2(COCCCF)COC2)C1. The lowest BCUT2D eigenvalue weighted by Crippen LogP contribution is -2.52. The molecule has 1 aromatic heterocycles. The smallest absolute Gasteiger partial charge is 0.270 e. The van der Waals surface area contributed by atoms with Crippen molar-refractivity contribution in [1.29, 1.82) is 0 Å². The molecule has 174 valence electrons. The molecule has 1 atom stereocenters. The van der Waals surface area contributed by atoms with Crippen LogP contribution in [0.1, 0.15) is 23.8 Å². The van der Waals surface area contributed by atoms with Gasteiger partial charge in [-0.15, -0.1) is 0 Å². The molecule has 0 aliphatic carbocycles. The zero-order valence-corrected chi connectivity index (χ0v) is 18.1. The topological polar surface area (TPSA) is 102 Å². The summed E-state index contributed by atoms with van der Waals surface area (Å²) in [5.74, 6) is -0.0264. The van der Waals surface area contributed by atoms with E-state index in [1.165, 1.54) is 0 Å². The number of hydrogen-bond acceptors (Lipinski definition) is 8. The maximum atomic E-state index is 12.5. The van der Waals surface area contributed by atoms with Crippen LogP contribution < -0.4 is 15.0 Å². The van der Waals surface area contributed by atoms with Crippen LogP contribution in [-0.4, -0.2) is 94.7 Å². The average molecular weight is 442 g/mol. The molecule has 2 saturated heterocycles. The molecular weight excluding hydrogens is 409 g/mol. The summed E-state index contributed by atoms with van der Waals surface area (Å²) < 4.78 is 34.7. The van der Waals surface area contributed by atoms with Gasteiger partial charge in [0.25, 0.3) is 5.91 Å². The number of aliphatic hydroxyl groups excluding tert-OH is 1. The van der Waals surface area contributed by atoms with Crippen LogP contribution >= 0.6 is 0 Å². The van der Waals surface area contributed by atoms with E-state index in [-0.39, 0.29) is 35.8 Å².